The molecule has 0 aliphatic rings. The average Bonchev–Trinajstić information content (AvgIpc) is 2.48. The fourth-order valence-electron chi connectivity index (χ4n) is 2.14. The van der Waals surface area contributed by atoms with Gasteiger partial charge in [-0.1, -0.05) is 22.0 Å². The summed E-state index contributed by atoms with van der Waals surface area (Å²) in [7, 11) is 3.05. The van der Waals surface area contributed by atoms with Gasteiger partial charge in [0, 0.05) is 10.0 Å². The fourth-order valence-corrected chi connectivity index (χ4v) is 2.89. The average molecular weight is 374 g/mol. The topological polar surface area (TPSA) is 18.5 Å². The highest BCUT2D eigenvalue weighted by Crippen LogP contribution is 2.42. The van der Waals surface area contributed by atoms with E-state index in [1.165, 1.54) is 13.2 Å². The van der Waals surface area contributed by atoms with Gasteiger partial charge in [0.25, 0.3) is 0 Å². The molecule has 1 atom stereocenters. The molecule has 0 N–H and O–H groups in total. The van der Waals surface area contributed by atoms with E-state index in [1.54, 1.807) is 19.2 Å². The van der Waals surface area contributed by atoms with Crippen molar-refractivity contribution in [1.29, 1.82) is 0 Å². The molecule has 1 unspecified atom stereocenters. The molecule has 0 fully saturated rings. The summed E-state index contributed by atoms with van der Waals surface area (Å²) in [6.45, 7) is 1.95. The lowest BCUT2D eigenvalue weighted by atomic mass is 10.0. The molecule has 0 bridgehead atoms. The lowest BCUT2D eigenvalue weighted by molar-refractivity contribution is 0.400. The van der Waals surface area contributed by atoms with Gasteiger partial charge in [-0.15, -0.1) is 11.6 Å². The predicted octanol–water partition coefficient (Wildman–Crippen LogP) is 5.24. The highest BCUT2D eigenvalue weighted by atomic mass is 79.9. The predicted molar refractivity (Wildman–Crippen MR) is 86.1 cm³/mol. The summed E-state index contributed by atoms with van der Waals surface area (Å²) in [5.41, 5.74) is 2.00. The van der Waals surface area contributed by atoms with Gasteiger partial charge in [-0.05, 0) is 36.8 Å². The molecule has 2 rings (SSSR count). The van der Waals surface area contributed by atoms with Gasteiger partial charge in [-0.25, -0.2) is 4.39 Å². The standard InChI is InChI=1S/C16H15BrClFO2/c1-9-7-14(21-3)10(8-11(9)17)16(18)15-12(19)5-4-6-13(15)20-2/h4-8,16H,1-3H3. The summed E-state index contributed by atoms with van der Waals surface area (Å²) in [4.78, 5) is 0. The molecule has 0 spiro atoms. The molecule has 0 radical (unpaired) electrons. The number of halogens is 3. The molecule has 21 heavy (non-hydrogen) atoms. The molecule has 2 aromatic rings. The van der Waals surface area contributed by atoms with Crippen LogP contribution >= 0.6 is 27.5 Å². The first kappa shape index (κ1) is 16.1. The zero-order chi connectivity index (χ0) is 15.6. The van der Waals surface area contributed by atoms with Crippen molar-refractivity contribution in [3.05, 3.63) is 57.3 Å². The molecule has 0 aliphatic heterocycles. The minimum atomic E-state index is -0.715. The van der Waals surface area contributed by atoms with Crippen LogP contribution in [0.4, 0.5) is 4.39 Å². The number of rotatable bonds is 4. The van der Waals surface area contributed by atoms with Gasteiger partial charge in [0.1, 0.15) is 17.3 Å². The van der Waals surface area contributed by atoms with E-state index in [0.29, 0.717) is 22.6 Å². The molecule has 0 saturated carbocycles. The van der Waals surface area contributed by atoms with E-state index in [1.807, 2.05) is 19.1 Å². The third-order valence-corrected chi connectivity index (χ3v) is 4.58. The summed E-state index contributed by atoms with van der Waals surface area (Å²) in [6.07, 6.45) is 0. The van der Waals surface area contributed by atoms with Crippen molar-refractivity contribution in [2.24, 2.45) is 0 Å². The van der Waals surface area contributed by atoms with Crippen molar-refractivity contribution in [1.82, 2.24) is 0 Å². The Hall–Kier alpha value is -1.26. The van der Waals surface area contributed by atoms with Crippen LogP contribution in [0, 0.1) is 12.7 Å². The zero-order valence-corrected chi connectivity index (χ0v) is 14.3. The number of methoxy groups -OCH3 is 2. The number of hydrogen-bond donors (Lipinski definition) is 0. The summed E-state index contributed by atoms with van der Waals surface area (Å²) in [5.74, 6) is 0.614. The summed E-state index contributed by atoms with van der Waals surface area (Å²) in [6, 6.07) is 8.34. The third-order valence-electron chi connectivity index (χ3n) is 3.27. The Morgan fingerprint density at radius 3 is 2.43 bits per heavy atom. The van der Waals surface area contributed by atoms with Crippen LogP contribution in [-0.4, -0.2) is 14.2 Å². The lowest BCUT2D eigenvalue weighted by Gasteiger charge is -2.18. The van der Waals surface area contributed by atoms with Crippen molar-refractivity contribution in [2.45, 2.75) is 12.3 Å². The summed E-state index contributed by atoms with van der Waals surface area (Å²) < 4.78 is 25.6. The second kappa shape index (κ2) is 6.67. The number of ether oxygens (including phenoxy) is 2. The van der Waals surface area contributed by atoms with E-state index < -0.39 is 11.2 Å². The Kier molecular flexibility index (Phi) is 5.12. The van der Waals surface area contributed by atoms with Crippen LogP contribution in [0.25, 0.3) is 0 Å². The van der Waals surface area contributed by atoms with Crippen LogP contribution in [0.5, 0.6) is 11.5 Å². The van der Waals surface area contributed by atoms with Crippen molar-refractivity contribution in [3.63, 3.8) is 0 Å². The first-order chi connectivity index (χ1) is 9.99. The number of aryl methyl sites for hydroxylation is 1. The Morgan fingerprint density at radius 1 is 1.14 bits per heavy atom. The fraction of sp³-hybridized carbons (Fsp3) is 0.250. The normalized spacial score (nSPS) is 12.1. The quantitative estimate of drug-likeness (QED) is 0.682. The SMILES string of the molecule is COc1cc(C)c(Br)cc1C(Cl)c1c(F)cccc1OC. The van der Waals surface area contributed by atoms with Crippen LogP contribution in [0.15, 0.2) is 34.8 Å². The highest BCUT2D eigenvalue weighted by Gasteiger charge is 2.23. The summed E-state index contributed by atoms with van der Waals surface area (Å²) >= 11 is 9.97. The first-order valence-corrected chi connectivity index (χ1v) is 7.53. The molecule has 5 heteroatoms. The van der Waals surface area contributed by atoms with Crippen LogP contribution in [0.1, 0.15) is 22.1 Å². The molecule has 0 amide bonds. The maximum Gasteiger partial charge on any atom is 0.131 e. The Balaban J connectivity index is 2.60. The minimum absolute atomic E-state index is 0.302. The van der Waals surface area contributed by atoms with Crippen LogP contribution in [-0.2, 0) is 0 Å². The van der Waals surface area contributed by atoms with Gasteiger partial charge in [-0.2, -0.15) is 0 Å². The molecular formula is C16H15BrClFO2. The maximum atomic E-state index is 14.2. The van der Waals surface area contributed by atoms with E-state index in [0.717, 1.165) is 10.0 Å². The van der Waals surface area contributed by atoms with Gasteiger partial charge in [-0.3, -0.25) is 0 Å². The highest BCUT2D eigenvalue weighted by molar-refractivity contribution is 9.10. The van der Waals surface area contributed by atoms with Gasteiger partial charge in [0.2, 0.25) is 0 Å². The molecule has 2 aromatic carbocycles. The minimum Gasteiger partial charge on any atom is -0.496 e. The van der Waals surface area contributed by atoms with Gasteiger partial charge in [0.05, 0.1) is 25.2 Å². The van der Waals surface area contributed by atoms with Crippen molar-refractivity contribution < 1.29 is 13.9 Å². The van der Waals surface area contributed by atoms with Crippen molar-refractivity contribution >= 4 is 27.5 Å². The van der Waals surface area contributed by atoms with Crippen LogP contribution in [0.3, 0.4) is 0 Å². The number of benzene rings is 2. The van der Waals surface area contributed by atoms with E-state index in [4.69, 9.17) is 21.1 Å². The molecule has 0 aliphatic carbocycles. The molecule has 0 aromatic heterocycles. The lowest BCUT2D eigenvalue weighted by Crippen LogP contribution is -2.03. The number of hydrogen-bond acceptors (Lipinski definition) is 2. The molecule has 0 saturated heterocycles. The monoisotopic (exact) mass is 372 g/mol. The maximum absolute atomic E-state index is 14.2. The Labute approximate surface area is 137 Å². The largest absolute Gasteiger partial charge is 0.496 e. The van der Waals surface area contributed by atoms with E-state index >= 15 is 0 Å². The molecule has 0 heterocycles. The molecular weight excluding hydrogens is 359 g/mol. The van der Waals surface area contributed by atoms with Crippen LogP contribution < -0.4 is 9.47 Å². The zero-order valence-electron chi connectivity index (χ0n) is 11.9. The smallest absolute Gasteiger partial charge is 0.131 e. The molecule has 2 nitrogen and oxygen atoms in total. The van der Waals surface area contributed by atoms with Gasteiger partial charge < -0.3 is 9.47 Å². The second-order valence-corrected chi connectivity index (χ2v) is 5.85. The van der Waals surface area contributed by atoms with E-state index in [2.05, 4.69) is 15.9 Å². The second-order valence-electron chi connectivity index (χ2n) is 4.56. The van der Waals surface area contributed by atoms with Crippen molar-refractivity contribution in [2.75, 3.05) is 14.2 Å². The van der Waals surface area contributed by atoms with E-state index in [-0.39, 0.29) is 0 Å². The van der Waals surface area contributed by atoms with Gasteiger partial charge in [0.15, 0.2) is 0 Å². The Morgan fingerprint density at radius 2 is 1.81 bits per heavy atom. The van der Waals surface area contributed by atoms with Gasteiger partial charge >= 0.3 is 0 Å². The van der Waals surface area contributed by atoms with Crippen molar-refractivity contribution in [3.8, 4) is 11.5 Å². The number of alkyl halides is 1. The summed E-state index contributed by atoms with van der Waals surface area (Å²) in [5, 5.41) is -0.715. The third kappa shape index (κ3) is 3.16. The van der Waals surface area contributed by atoms with Crippen LogP contribution in [0.2, 0.25) is 0 Å². The Bertz CT molecular complexity index is 661. The first-order valence-electron chi connectivity index (χ1n) is 6.30. The van der Waals surface area contributed by atoms with E-state index in [9.17, 15) is 4.39 Å². The molecule has 112 valence electrons.